The van der Waals surface area contributed by atoms with E-state index in [2.05, 4.69) is 26.8 Å². The number of methoxy groups -OCH3 is 1. The molecule has 184 valence electrons. The summed E-state index contributed by atoms with van der Waals surface area (Å²) < 4.78 is 5.20. The third-order valence-electron chi connectivity index (χ3n) is 11.1. The first-order chi connectivity index (χ1) is 14.9. The van der Waals surface area contributed by atoms with Gasteiger partial charge in [0.2, 0.25) is 0 Å². The largest absolute Gasteiger partial charge is 0.390 e. The summed E-state index contributed by atoms with van der Waals surface area (Å²) in [4.78, 5) is 0. The van der Waals surface area contributed by atoms with Crippen LogP contribution in [0.15, 0.2) is 11.6 Å². The molecule has 3 nitrogen and oxygen atoms in total. The Hall–Kier alpha value is -0.380. The Morgan fingerprint density at radius 1 is 1.09 bits per heavy atom. The summed E-state index contributed by atoms with van der Waals surface area (Å²) in [5.74, 6) is 3.94. The monoisotopic (exact) mass is 446 g/mol. The van der Waals surface area contributed by atoms with Crippen molar-refractivity contribution in [3.8, 4) is 0 Å². The second-order valence-electron chi connectivity index (χ2n) is 13.4. The Kier molecular flexibility index (Phi) is 6.71. The third kappa shape index (κ3) is 4.36. The zero-order chi connectivity index (χ0) is 23.4. The lowest BCUT2D eigenvalue weighted by Crippen LogP contribution is -2.52. The highest BCUT2D eigenvalue weighted by molar-refractivity contribution is 5.26. The van der Waals surface area contributed by atoms with Gasteiger partial charge in [-0.3, -0.25) is 0 Å². The zero-order valence-electron chi connectivity index (χ0n) is 21.8. The van der Waals surface area contributed by atoms with Gasteiger partial charge in [0.25, 0.3) is 0 Å². The van der Waals surface area contributed by atoms with Gasteiger partial charge in [0.15, 0.2) is 0 Å². The maximum absolute atomic E-state index is 10.8. The van der Waals surface area contributed by atoms with Crippen LogP contribution in [0.2, 0.25) is 0 Å². The van der Waals surface area contributed by atoms with Gasteiger partial charge in [-0.2, -0.15) is 0 Å². The molecule has 3 saturated carbocycles. The number of aliphatic hydroxyl groups is 2. The van der Waals surface area contributed by atoms with Gasteiger partial charge in [0.1, 0.15) is 0 Å². The van der Waals surface area contributed by atoms with Gasteiger partial charge in [-0.25, -0.2) is 0 Å². The van der Waals surface area contributed by atoms with E-state index in [4.69, 9.17) is 4.74 Å². The second kappa shape index (κ2) is 8.68. The SMILES string of the molecule is COCC[C@@](C)(O)CC[C@@H](C)[C@H]1CC[C@H]2[C@@H]3CC=C4C[C@@](C)(O)CC[C@]4(C)[C@H]3CC[C@]12C. The summed E-state index contributed by atoms with van der Waals surface area (Å²) in [5, 5.41) is 21.5. The molecule has 0 spiro atoms. The number of hydrogen-bond acceptors (Lipinski definition) is 3. The normalized spacial score (nSPS) is 46.4. The first-order valence-corrected chi connectivity index (χ1v) is 13.6. The Labute approximate surface area is 197 Å². The van der Waals surface area contributed by atoms with Gasteiger partial charge in [-0.1, -0.05) is 32.4 Å². The molecule has 3 fully saturated rings. The van der Waals surface area contributed by atoms with Gasteiger partial charge in [-0.15, -0.1) is 0 Å². The second-order valence-corrected chi connectivity index (χ2v) is 13.4. The summed E-state index contributed by atoms with van der Waals surface area (Å²) in [5.41, 5.74) is 1.23. The minimum absolute atomic E-state index is 0.316. The van der Waals surface area contributed by atoms with Gasteiger partial charge < -0.3 is 14.9 Å². The van der Waals surface area contributed by atoms with Crippen LogP contribution in [0.1, 0.15) is 105 Å². The van der Waals surface area contributed by atoms with Crippen LogP contribution in [0, 0.1) is 40.4 Å². The van der Waals surface area contributed by atoms with E-state index >= 15 is 0 Å². The van der Waals surface area contributed by atoms with Crippen LogP contribution in [0.5, 0.6) is 0 Å². The van der Waals surface area contributed by atoms with E-state index in [0.717, 1.165) is 62.2 Å². The highest BCUT2D eigenvalue weighted by Crippen LogP contribution is 2.67. The van der Waals surface area contributed by atoms with Crippen LogP contribution in [0.25, 0.3) is 0 Å². The Bertz CT molecular complexity index is 709. The van der Waals surface area contributed by atoms with E-state index < -0.39 is 11.2 Å². The molecule has 3 heteroatoms. The number of allylic oxidation sites excluding steroid dienone is 1. The highest BCUT2D eigenvalue weighted by atomic mass is 16.5. The summed E-state index contributed by atoms with van der Waals surface area (Å²) in [6, 6.07) is 0. The molecular weight excluding hydrogens is 396 g/mol. The van der Waals surface area contributed by atoms with Crippen molar-refractivity contribution in [2.24, 2.45) is 40.4 Å². The lowest BCUT2D eigenvalue weighted by Gasteiger charge is -2.59. The first kappa shape index (κ1) is 24.7. The highest BCUT2D eigenvalue weighted by Gasteiger charge is 2.59. The summed E-state index contributed by atoms with van der Waals surface area (Å²) in [6.07, 6.45) is 15.0. The molecule has 0 bridgehead atoms. The van der Waals surface area contributed by atoms with Crippen molar-refractivity contribution in [1.82, 2.24) is 0 Å². The standard InChI is InChI=1S/C29H50O3/c1-20(11-13-26(2,30)17-18-32-6)23-9-10-24-22-8-7-21-19-27(3,31)15-16-28(21,4)25(22)12-14-29(23,24)5/h7,20,22-25,30-31H,8-19H2,1-6H3/t20-,22+,23-,24+,25+,26+,27+,28+,29-/m1/s1. The van der Waals surface area contributed by atoms with Crippen LogP contribution in [-0.4, -0.2) is 35.1 Å². The van der Waals surface area contributed by atoms with Crippen molar-refractivity contribution in [1.29, 1.82) is 0 Å². The Morgan fingerprint density at radius 3 is 2.56 bits per heavy atom. The van der Waals surface area contributed by atoms with Crippen LogP contribution in [-0.2, 0) is 4.74 Å². The maximum atomic E-state index is 10.8. The number of rotatable bonds is 7. The lowest BCUT2D eigenvalue weighted by atomic mass is 9.46. The Morgan fingerprint density at radius 2 is 1.84 bits per heavy atom. The molecule has 9 atom stereocenters. The fraction of sp³-hybridized carbons (Fsp3) is 0.931. The average molecular weight is 447 g/mol. The van der Waals surface area contributed by atoms with Crippen LogP contribution in [0.3, 0.4) is 0 Å². The van der Waals surface area contributed by atoms with Crippen LogP contribution in [0.4, 0.5) is 0 Å². The molecule has 4 aliphatic rings. The molecule has 32 heavy (non-hydrogen) atoms. The van der Waals surface area contributed by atoms with E-state index in [0.29, 0.717) is 23.4 Å². The number of hydrogen-bond donors (Lipinski definition) is 2. The molecule has 0 amide bonds. The molecule has 0 unspecified atom stereocenters. The van der Waals surface area contributed by atoms with Gasteiger partial charge >= 0.3 is 0 Å². The molecule has 4 aliphatic carbocycles. The molecule has 0 aromatic carbocycles. The number of fused-ring (bicyclic) bond motifs is 5. The van der Waals surface area contributed by atoms with E-state index in [1.165, 1.54) is 32.1 Å². The lowest BCUT2D eigenvalue weighted by molar-refractivity contribution is -0.0717. The molecule has 0 radical (unpaired) electrons. The van der Waals surface area contributed by atoms with Crippen molar-refractivity contribution < 1.29 is 14.9 Å². The van der Waals surface area contributed by atoms with Gasteiger partial charge in [0.05, 0.1) is 11.2 Å². The van der Waals surface area contributed by atoms with Crippen molar-refractivity contribution in [2.75, 3.05) is 13.7 Å². The fourth-order valence-corrected chi connectivity index (χ4v) is 8.97. The molecular formula is C29H50O3. The van der Waals surface area contributed by atoms with E-state index in [9.17, 15) is 10.2 Å². The smallest absolute Gasteiger partial charge is 0.0657 e. The van der Waals surface area contributed by atoms with Crippen molar-refractivity contribution >= 4 is 0 Å². The molecule has 0 aromatic heterocycles. The van der Waals surface area contributed by atoms with Crippen LogP contribution >= 0.6 is 0 Å². The average Bonchev–Trinajstić information content (AvgIpc) is 3.08. The van der Waals surface area contributed by atoms with Crippen molar-refractivity contribution in [2.45, 2.75) is 116 Å². The summed E-state index contributed by atoms with van der Waals surface area (Å²) in [7, 11) is 1.72. The molecule has 0 aromatic rings. The first-order valence-electron chi connectivity index (χ1n) is 13.6. The summed E-state index contributed by atoms with van der Waals surface area (Å²) >= 11 is 0. The minimum atomic E-state index is -0.609. The van der Waals surface area contributed by atoms with Crippen LogP contribution < -0.4 is 0 Å². The van der Waals surface area contributed by atoms with Gasteiger partial charge in [0, 0.05) is 13.7 Å². The molecule has 0 saturated heterocycles. The topological polar surface area (TPSA) is 49.7 Å². The molecule has 0 heterocycles. The molecule has 4 rings (SSSR count). The van der Waals surface area contributed by atoms with Crippen molar-refractivity contribution in [3.63, 3.8) is 0 Å². The van der Waals surface area contributed by atoms with E-state index in [1.54, 1.807) is 12.7 Å². The predicted octanol–water partition coefficient (Wildman–Crippen LogP) is 6.52. The summed E-state index contributed by atoms with van der Waals surface area (Å²) in [6.45, 7) is 12.3. The maximum Gasteiger partial charge on any atom is 0.0657 e. The van der Waals surface area contributed by atoms with Crippen molar-refractivity contribution in [3.05, 3.63) is 11.6 Å². The quantitative estimate of drug-likeness (QED) is 0.438. The third-order valence-corrected chi connectivity index (χ3v) is 11.1. The predicted molar refractivity (Wildman–Crippen MR) is 131 cm³/mol. The molecule has 2 N–H and O–H groups in total. The minimum Gasteiger partial charge on any atom is -0.390 e. The number of ether oxygens (including phenoxy) is 1. The van der Waals surface area contributed by atoms with Gasteiger partial charge in [-0.05, 0) is 125 Å². The molecule has 0 aliphatic heterocycles. The fourth-order valence-electron chi connectivity index (χ4n) is 8.97. The van der Waals surface area contributed by atoms with E-state index in [1.807, 2.05) is 13.8 Å². The zero-order valence-corrected chi connectivity index (χ0v) is 21.8. The van der Waals surface area contributed by atoms with E-state index in [-0.39, 0.29) is 0 Å². The Balaban J connectivity index is 1.45.